The van der Waals surface area contributed by atoms with Gasteiger partial charge in [0.15, 0.2) is 0 Å². The number of nitrogens with one attached hydrogen (secondary N) is 1. The minimum absolute atomic E-state index is 0.150. The molecule has 3 N–H and O–H groups in total. The second-order valence-corrected chi connectivity index (χ2v) is 6.62. The van der Waals surface area contributed by atoms with E-state index in [0.717, 1.165) is 28.8 Å². The first-order chi connectivity index (χ1) is 9.65. The van der Waals surface area contributed by atoms with Gasteiger partial charge in [-0.1, -0.05) is 15.9 Å². The highest BCUT2D eigenvalue weighted by atomic mass is 79.9. The van der Waals surface area contributed by atoms with E-state index in [-0.39, 0.29) is 5.84 Å². The number of amidine groups is 1. The predicted octanol–water partition coefficient (Wildman–Crippen LogP) is 2.41. The lowest BCUT2D eigenvalue weighted by Crippen LogP contribution is -2.35. The van der Waals surface area contributed by atoms with E-state index in [2.05, 4.69) is 31.8 Å². The van der Waals surface area contributed by atoms with Crippen molar-refractivity contribution in [2.75, 3.05) is 31.1 Å². The van der Waals surface area contributed by atoms with Crippen LogP contribution < -0.4 is 10.6 Å². The fourth-order valence-electron chi connectivity index (χ4n) is 3.36. The third-order valence-corrected chi connectivity index (χ3v) is 4.90. The van der Waals surface area contributed by atoms with Crippen molar-refractivity contribution >= 4 is 27.5 Å². The van der Waals surface area contributed by atoms with E-state index in [0.29, 0.717) is 6.04 Å². The van der Waals surface area contributed by atoms with Gasteiger partial charge in [-0.05, 0) is 50.6 Å². The zero-order chi connectivity index (χ0) is 14.1. The number of nitrogen functional groups attached to an aromatic ring is 1. The summed E-state index contributed by atoms with van der Waals surface area (Å²) < 4.78 is 1.04. The molecule has 0 radical (unpaired) electrons. The molecule has 1 unspecified atom stereocenters. The summed E-state index contributed by atoms with van der Waals surface area (Å²) in [5, 5.41) is 7.75. The Hall–Kier alpha value is -1.07. The molecule has 2 aliphatic rings. The van der Waals surface area contributed by atoms with Gasteiger partial charge in [-0.15, -0.1) is 0 Å². The van der Waals surface area contributed by atoms with Crippen molar-refractivity contribution in [1.29, 1.82) is 5.41 Å². The fraction of sp³-hybridized carbons (Fsp3) is 0.533. The second kappa shape index (κ2) is 5.74. The highest BCUT2D eigenvalue weighted by Gasteiger charge is 2.30. The monoisotopic (exact) mass is 336 g/mol. The maximum absolute atomic E-state index is 7.75. The molecule has 0 bridgehead atoms. The van der Waals surface area contributed by atoms with Crippen LogP contribution in [-0.2, 0) is 0 Å². The Morgan fingerprint density at radius 2 is 2.00 bits per heavy atom. The van der Waals surface area contributed by atoms with Gasteiger partial charge < -0.3 is 10.6 Å². The van der Waals surface area contributed by atoms with Gasteiger partial charge in [0.2, 0.25) is 0 Å². The molecule has 1 aromatic carbocycles. The fourth-order valence-corrected chi connectivity index (χ4v) is 3.71. The smallest absolute Gasteiger partial charge is 0.124 e. The standard InChI is InChI=1S/C15H21BrN4/c16-11-3-4-13(15(17)18)14(9-11)20-8-5-12(10-20)19-6-1-2-7-19/h3-4,9,12H,1-2,5-8,10H2,(H3,17,18). The Kier molecular flexibility index (Phi) is 3.98. The minimum atomic E-state index is 0.150. The van der Waals surface area contributed by atoms with Crippen LogP contribution in [0.2, 0.25) is 0 Å². The van der Waals surface area contributed by atoms with Gasteiger partial charge in [-0.25, -0.2) is 0 Å². The number of anilines is 1. The van der Waals surface area contributed by atoms with Crippen LogP contribution in [-0.4, -0.2) is 43.0 Å². The van der Waals surface area contributed by atoms with Crippen LogP contribution in [0.1, 0.15) is 24.8 Å². The van der Waals surface area contributed by atoms with Gasteiger partial charge in [0.05, 0.1) is 0 Å². The Bertz CT molecular complexity index is 511. The maximum Gasteiger partial charge on any atom is 0.124 e. The second-order valence-electron chi connectivity index (χ2n) is 5.71. The number of rotatable bonds is 3. The molecule has 4 nitrogen and oxygen atoms in total. The summed E-state index contributed by atoms with van der Waals surface area (Å²) in [6.45, 7) is 4.60. The number of likely N-dealkylation sites (tertiary alicyclic amines) is 1. The molecule has 1 atom stereocenters. The number of nitrogens with two attached hydrogens (primary N) is 1. The van der Waals surface area contributed by atoms with E-state index in [9.17, 15) is 0 Å². The summed E-state index contributed by atoms with van der Waals surface area (Å²) in [5.41, 5.74) is 7.65. The molecule has 2 fully saturated rings. The molecule has 0 saturated carbocycles. The molecule has 20 heavy (non-hydrogen) atoms. The molecule has 3 rings (SSSR count). The van der Waals surface area contributed by atoms with E-state index in [1.807, 2.05) is 12.1 Å². The molecule has 0 amide bonds. The van der Waals surface area contributed by atoms with Crippen molar-refractivity contribution in [1.82, 2.24) is 4.90 Å². The Balaban J connectivity index is 1.80. The van der Waals surface area contributed by atoms with Gasteiger partial charge in [0, 0.05) is 34.9 Å². The highest BCUT2D eigenvalue weighted by molar-refractivity contribution is 9.10. The highest BCUT2D eigenvalue weighted by Crippen LogP contribution is 2.30. The Morgan fingerprint density at radius 1 is 1.25 bits per heavy atom. The predicted molar refractivity (Wildman–Crippen MR) is 86.6 cm³/mol. The third-order valence-electron chi connectivity index (χ3n) is 4.41. The Labute approximate surface area is 128 Å². The van der Waals surface area contributed by atoms with Crippen molar-refractivity contribution in [2.24, 2.45) is 5.73 Å². The van der Waals surface area contributed by atoms with Gasteiger partial charge in [-0.3, -0.25) is 10.3 Å². The molecule has 2 aliphatic heterocycles. The van der Waals surface area contributed by atoms with Crippen molar-refractivity contribution in [3.05, 3.63) is 28.2 Å². The molecule has 1 aromatic rings. The van der Waals surface area contributed by atoms with E-state index in [1.54, 1.807) is 0 Å². The van der Waals surface area contributed by atoms with E-state index in [4.69, 9.17) is 11.1 Å². The molecule has 0 aliphatic carbocycles. The molecule has 5 heteroatoms. The average molecular weight is 337 g/mol. The van der Waals surface area contributed by atoms with Crippen LogP contribution in [0, 0.1) is 5.41 Å². The maximum atomic E-state index is 7.75. The summed E-state index contributed by atoms with van der Waals surface area (Å²) in [7, 11) is 0. The van der Waals surface area contributed by atoms with Crippen LogP contribution in [0.3, 0.4) is 0 Å². The van der Waals surface area contributed by atoms with Gasteiger partial charge in [0.25, 0.3) is 0 Å². The summed E-state index contributed by atoms with van der Waals surface area (Å²) in [6.07, 6.45) is 3.89. The molecular formula is C15H21BrN4. The van der Waals surface area contributed by atoms with Gasteiger partial charge >= 0.3 is 0 Å². The molecule has 0 aromatic heterocycles. The van der Waals surface area contributed by atoms with E-state index < -0.39 is 0 Å². The van der Waals surface area contributed by atoms with Gasteiger partial charge in [0.1, 0.15) is 5.84 Å². The summed E-state index contributed by atoms with van der Waals surface area (Å²) in [4.78, 5) is 5.00. The van der Waals surface area contributed by atoms with Gasteiger partial charge in [-0.2, -0.15) is 0 Å². The number of benzene rings is 1. The first-order valence-electron chi connectivity index (χ1n) is 7.28. The minimum Gasteiger partial charge on any atom is -0.384 e. The molecule has 0 spiro atoms. The lowest BCUT2D eigenvalue weighted by molar-refractivity contribution is 0.260. The van der Waals surface area contributed by atoms with E-state index >= 15 is 0 Å². The summed E-state index contributed by atoms with van der Waals surface area (Å²) in [5.74, 6) is 0.150. The average Bonchev–Trinajstić information content (AvgIpc) is 3.09. The lowest BCUT2D eigenvalue weighted by atomic mass is 10.1. The van der Waals surface area contributed by atoms with Crippen LogP contribution >= 0.6 is 15.9 Å². The number of nitrogens with zero attached hydrogens (tertiary/aromatic N) is 2. The van der Waals surface area contributed by atoms with Crippen LogP contribution in [0.4, 0.5) is 5.69 Å². The molecular weight excluding hydrogens is 316 g/mol. The number of hydrogen-bond acceptors (Lipinski definition) is 3. The lowest BCUT2D eigenvalue weighted by Gasteiger charge is -2.25. The van der Waals surface area contributed by atoms with Crippen molar-refractivity contribution in [3.8, 4) is 0 Å². The van der Waals surface area contributed by atoms with Crippen molar-refractivity contribution in [2.45, 2.75) is 25.3 Å². The quantitative estimate of drug-likeness (QED) is 0.658. The normalized spacial score (nSPS) is 23.4. The first-order valence-corrected chi connectivity index (χ1v) is 8.07. The van der Waals surface area contributed by atoms with E-state index in [1.165, 1.54) is 32.4 Å². The summed E-state index contributed by atoms with van der Waals surface area (Å²) in [6, 6.07) is 6.64. The zero-order valence-electron chi connectivity index (χ0n) is 11.6. The number of hydrogen-bond donors (Lipinski definition) is 2. The molecule has 2 heterocycles. The molecule has 2 saturated heterocycles. The largest absolute Gasteiger partial charge is 0.384 e. The van der Waals surface area contributed by atoms with Crippen LogP contribution in [0.15, 0.2) is 22.7 Å². The van der Waals surface area contributed by atoms with Crippen molar-refractivity contribution < 1.29 is 0 Å². The summed E-state index contributed by atoms with van der Waals surface area (Å²) >= 11 is 3.53. The Morgan fingerprint density at radius 3 is 2.70 bits per heavy atom. The van der Waals surface area contributed by atoms with Crippen LogP contribution in [0.5, 0.6) is 0 Å². The zero-order valence-corrected chi connectivity index (χ0v) is 13.2. The van der Waals surface area contributed by atoms with Crippen LogP contribution in [0.25, 0.3) is 0 Å². The topological polar surface area (TPSA) is 56.4 Å². The first kappa shape index (κ1) is 13.9. The number of halogens is 1. The SMILES string of the molecule is N=C(N)c1ccc(Br)cc1N1CCC(N2CCCC2)C1. The molecule has 108 valence electrons. The third kappa shape index (κ3) is 2.69. The van der Waals surface area contributed by atoms with Crippen molar-refractivity contribution in [3.63, 3.8) is 0 Å².